The molecule has 1 rings (SSSR count). The van der Waals surface area contributed by atoms with E-state index in [1.165, 1.54) is 0 Å². The molecule has 0 aliphatic carbocycles. The van der Waals surface area contributed by atoms with Crippen LogP contribution in [0.4, 0.5) is 0 Å². The van der Waals surface area contributed by atoms with Gasteiger partial charge in [-0.05, 0) is 19.3 Å². The van der Waals surface area contributed by atoms with E-state index in [4.69, 9.17) is 18.0 Å². The molecule has 0 radical (unpaired) electrons. The van der Waals surface area contributed by atoms with Crippen LogP contribution in [0.3, 0.4) is 0 Å². The quantitative estimate of drug-likeness (QED) is 0.719. The van der Waals surface area contributed by atoms with Gasteiger partial charge in [0.2, 0.25) is 5.91 Å². The van der Waals surface area contributed by atoms with Crippen LogP contribution in [0.25, 0.3) is 0 Å². The molecule has 1 aliphatic rings. The van der Waals surface area contributed by atoms with Crippen LogP contribution >= 0.6 is 12.2 Å². The maximum Gasteiger partial charge on any atom is 0.223 e. The fourth-order valence-corrected chi connectivity index (χ4v) is 2.17. The van der Waals surface area contributed by atoms with Crippen molar-refractivity contribution < 1.29 is 4.79 Å². The number of thiocarbonyl (C=S) groups is 1. The zero-order valence-corrected chi connectivity index (χ0v) is 11.6. The van der Waals surface area contributed by atoms with Crippen molar-refractivity contribution in [3.05, 3.63) is 0 Å². The van der Waals surface area contributed by atoms with Gasteiger partial charge >= 0.3 is 0 Å². The number of nitrogens with zero attached hydrogens (tertiary/aromatic N) is 1. The highest BCUT2D eigenvalue weighted by atomic mass is 32.1. The summed E-state index contributed by atoms with van der Waals surface area (Å²) in [7, 11) is 0. The maximum atomic E-state index is 11.7. The molecule has 0 saturated carbocycles. The standard InChI is InChI=1S/C12H23N3OS/c1-3-9(2)12(16)14-10-4-6-15(7-5-10)8-11(13)17/h9-10H,3-8H2,1-2H3,(H2,13,17)(H,14,16). The smallest absolute Gasteiger partial charge is 0.223 e. The van der Waals surface area contributed by atoms with Crippen LogP contribution in [-0.4, -0.2) is 41.5 Å². The molecular weight excluding hydrogens is 234 g/mol. The fourth-order valence-electron chi connectivity index (χ4n) is 1.98. The molecule has 4 nitrogen and oxygen atoms in total. The van der Waals surface area contributed by atoms with Gasteiger partial charge < -0.3 is 11.1 Å². The number of likely N-dealkylation sites (tertiary alicyclic amines) is 1. The average Bonchev–Trinajstić information content (AvgIpc) is 2.30. The van der Waals surface area contributed by atoms with Crippen molar-refractivity contribution in [2.24, 2.45) is 11.7 Å². The zero-order chi connectivity index (χ0) is 12.8. The van der Waals surface area contributed by atoms with Gasteiger partial charge in [0.15, 0.2) is 0 Å². The number of nitrogens with two attached hydrogens (primary N) is 1. The maximum absolute atomic E-state index is 11.7. The summed E-state index contributed by atoms with van der Waals surface area (Å²) < 4.78 is 0. The highest BCUT2D eigenvalue weighted by Crippen LogP contribution is 2.11. The number of rotatable bonds is 5. The number of hydrogen-bond acceptors (Lipinski definition) is 3. The van der Waals surface area contributed by atoms with Gasteiger partial charge in [0, 0.05) is 31.6 Å². The lowest BCUT2D eigenvalue weighted by Crippen LogP contribution is -2.47. The predicted octanol–water partition coefficient (Wildman–Crippen LogP) is 0.899. The van der Waals surface area contributed by atoms with Crippen LogP contribution in [0.5, 0.6) is 0 Å². The number of carbonyl (C=O) groups excluding carboxylic acids is 1. The van der Waals surface area contributed by atoms with Gasteiger partial charge in [0.25, 0.3) is 0 Å². The molecule has 1 saturated heterocycles. The van der Waals surface area contributed by atoms with Crippen LogP contribution in [0.2, 0.25) is 0 Å². The molecule has 0 aromatic rings. The molecule has 3 N–H and O–H groups in total. The van der Waals surface area contributed by atoms with Gasteiger partial charge in [-0.3, -0.25) is 9.69 Å². The van der Waals surface area contributed by atoms with Gasteiger partial charge in [-0.1, -0.05) is 26.1 Å². The molecule has 0 aromatic carbocycles. The van der Waals surface area contributed by atoms with Crippen molar-refractivity contribution in [2.45, 2.75) is 39.2 Å². The SMILES string of the molecule is CCC(C)C(=O)NC1CCN(CC(N)=S)CC1. The first-order valence-corrected chi connectivity index (χ1v) is 6.74. The van der Waals surface area contributed by atoms with E-state index in [0.29, 0.717) is 17.6 Å². The van der Waals surface area contributed by atoms with Gasteiger partial charge in [-0.15, -0.1) is 0 Å². The van der Waals surface area contributed by atoms with Crippen molar-refractivity contribution in [1.82, 2.24) is 10.2 Å². The van der Waals surface area contributed by atoms with Crippen molar-refractivity contribution in [3.8, 4) is 0 Å². The monoisotopic (exact) mass is 257 g/mol. The molecule has 0 bridgehead atoms. The molecule has 1 heterocycles. The van der Waals surface area contributed by atoms with E-state index in [2.05, 4.69) is 10.2 Å². The van der Waals surface area contributed by atoms with Crippen molar-refractivity contribution in [3.63, 3.8) is 0 Å². The fraction of sp³-hybridized carbons (Fsp3) is 0.833. The Morgan fingerprint density at radius 1 is 1.53 bits per heavy atom. The topological polar surface area (TPSA) is 58.4 Å². The Morgan fingerprint density at radius 2 is 2.12 bits per heavy atom. The van der Waals surface area contributed by atoms with Gasteiger partial charge in [-0.25, -0.2) is 0 Å². The summed E-state index contributed by atoms with van der Waals surface area (Å²) >= 11 is 4.89. The molecule has 1 amide bonds. The lowest BCUT2D eigenvalue weighted by atomic mass is 10.0. The summed E-state index contributed by atoms with van der Waals surface area (Å²) in [5.74, 6) is 0.296. The predicted molar refractivity (Wildman–Crippen MR) is 73.8 cm³/mol. The Balaban J connectivity index is 2.27. The Bertz CT molecular complexity index is 275. The molecule has 0 aromatic heterocycles. The molecule has 5 heteroatoms. The number of piperidine rings is 1. The highest BCUT2D eigenvalue weighted by molar-refractivity contribution is 7.80. The van der Waals surface area contributed by atoms with Crippen LogP contribution in [0.1, 0.15) is 33.1 Å². The van der Waals surface area contributed by atoms with Crippen LogP contribution < -0.4 is 11.1 Å². The second-order valence-corrected chi connectivity index (χ2v) is 5.36. The largest absolute Gasteiger partial charge is 0.392 e. The summed E-state index contributed by atoms with van der Waals surface area (Å²) in [6, 6.07) is 0.319. The lowest BCUT2D eigenvalue weighted by Gasteiger charge is -2.32. The zero-order valence-electron chi connectivity index (χ0n) is 10.7. The van der Waals surface area contributed by atoms with E-state index in [1.54, 1.807) is 0 Å². The summed E-state index contributed by atoms with van der Waals surface area (Å²) in [5, 5.41) is 3.11. The molecule has 1 atom stereocenters. The van der Waals surface area contributed by atoms with E-state index in [1.807, 2.05) is 13.8 Å². The number of nitrogens with one attached hydrogen (secondary N) is 1. The summed E-state index contributed by atoms with van der Waals surface area (Å²) in [6.07, 6.45) is 2.88. The molecule has 0 spiro atoms. The molecule has 98 valence electrons. The minimum absolute atomic E-state index is 0.115. The Labute approximate surface area is 109 Å². The molecule has 17 heavy (non-hydrogen) atoms. The van der Waals surface area contributed by atoms with Crippen molar-refractivity contribution in [2.75, 3.05) is 19.6 Å². The Morgan fingerprint density at radius 3 is 2.59 bits per heavy atom. The van der Waals surface area contributed by atoms with Crippen molar-refractivity contribution >= 4 is 23.1 Å². The number of amides is 1. The van der Waals surface area contributed by atoms with Crippen LogP contribution in [0, 0.1) is 5.92 Å². The third-order valence-corrected chi connectivity index (χ3v) is 3.50. The van der Waals surface area contributed by atoms with E-state index in [0.717, 1.165) is 32.4 Å². The van der Waals surface area contributed by atoms with Gasteiger partial charge in [0.05, 0.1) is 4.99 Å². The first-order valence-electron chi connectivity index (χ1n) is 6.34. The van der Waals surface area contributed by atoms with Crippen molar-refractivity contribution in [1.29, 1.82) is 0 Å². The Hall–Kier alpha value is -0.680. The van der Waals surface area contributed by atoms with Crippen LogP contribution in [-0.2, 0) is 4.79 Å². The molecular formula is C12H23N3OS. The second-order valence-electron chi connectivity index (χ2n) is 4.83. The highest BCUT2D eigenvalue weighted by Gasteiger charge is 2.22. The normalized spacial score (nSPS) is 19.9. The molecule has 1 fully saturated rings. The minimum Gasteiger partial charge on any atom is -0.392 e. The second kappa shape index (κ2) is 6.91. The first kappa shape index (κ1) is 14.4. The van der Waals surface area contributed by atoms with E-state index < -0.39 is 0 Å². The lowest BCUT2D eigenvalue weighted by molar-refractivity contribution is -0.125. The number of carbonyl (C=O) groups is 1. The van der Waals surface area contributed by atoms with E-state index >= 15 is 0 Å². The molecule has 1 aliphatic heterocycles. The third kappa shape index (κ3) is 5.00. The Kier molecular flexibility index (Phi) is 5.85. The minimum atomic E-state index is 0.115. The molecule has 1 unspecified atom stereocenters. The van der Waals surface area contributed by atoms with Gasteiger partial charge in [-0.2, -0.15) is 0 Å². The summed E-state index contributed by atoms with van der Waals surface area (Å²) in [4.78, 5) is 14.5. The average molecular weight is 257 g/mol. The van der Waals surface area contributed by atoms with E-state index in [9.17, 15) is 4.79 Å². The number of hydrogen-bond donors (Lipinski definition) is 2. The van der Waals surface area contributed by atoms with Gasteiger partial charge in [0.1, 0.15) is 0 Å². The third-order valence-electron chi connectivity index (χ3n) is 3.37. The van der Waals surface area contributed by atoms with Crippen LogP contribution in [0.15, 0.2) is 0 Å². The summed E-state index contributed by atoms with van der Waals surface area (Å²) in [5.41, 5.74) is 5.52. The first-order chi connectivity index (χ1) is 8.02. The van der Waals surface area contributed by atoms with E-state index in [-0.39, 0.29) is 11.8 Å². The summed E-state index contributed by atoms with van der Waals surface area (Å²) in [6.45, 7) is 6.62.